The number of pyridine rings is 1. The minimum Gasteiger partial charge on any atom is -0.374 e. The summed E-state index contributed by atoms with van der Waals surface area (Å²) >= 11 is 0. The average molecular weight is 256 g/mol. The minimum absolute atomic E-state index is 0.0167. The Morgan fingerprint density at radius 2 is 2.21 bits per heavy atom. The standard InChI is InChI=1S/C16H20N2O/c1-16(8-4-10-19-16)12-17-11-13-7-9-18-15-6-3-2-5-14(13)15/h2-3,5-7,9,17H,4,8,10-12H2,1H3. The molecule has 3 rings (SSSR count). The van der Waals surface area contributed by atoms with Gasteiger partial charge in [-0.15, -0.1) is 0 Å². The van der Waals surface area contributed by atoms with Crippen molar-refractivity contribution in [1.82, 2.24) is 10.3 Å². The Morgan fingerprint density at radius 1 is 1.32 bits per heavy atom. The third-order valence-electron chi connectivity index (χ3n) is 3.85. The summed E-state index contributed by atoms with van der Waals surface area (Å²) in [6.45, 7) is 4.86. The quantitative estimate of drug-likeness (QED) is 0.913. The fourth-order valence-electron chi connectivity index (χ4n) is 2.75. The molecule has 1 N–H and O–H groups in total. The Hall–Kier alpha value is -1.45. The van der Waals surface area contributed by atoms with Crippen molar-refractivity contribution in [1.29, 1.82) is 0 Å². The van der Waals surface area contributed by atoms with Crippen molar-refractivity contribution >= 4 is 10.9 Å². The largest absolute Gasteiger partial charge is 0.374 e. The molecule has 2 heterocycles. The molecule has 0 amide bonds. The lowest BCUT2D eigenvalue weighted by Gasteiger charge is -2.23. The van der Waals surface area contributed by atoms with Crippen LogP contribution in [0.15, 0.2) is 36.5 Å². The Labute approximate surface area is 114 Å². The summed E-state index contributed by atoms with van der Waals surface area (Å²) in [5.74, 6) is 0. The first-order valence-corrected chi connectivity index (χ1v) is 6.94. The molecule has 3 heteroatoms. The third kappa shape index (κ3) is 2.77. The number of fused-ring (bicyclic) bond motifs is 1. The van der Waals surface area contributed by atoms with Gasteiger partial charge in [0.05, 0.1) is 11.1 Å². The molecule has 0 bridgehead atoms. The molecule has 2 aromatic rings. The van der Waals surface area contributed by atoms with Gasteiger partial charge in [-0.1, -0.05) is 18.2 Å². The van der Waals surface area contributed by atoms with E-state index < -0.39 is 0 Å². The van der Waals surface area contributed by atoms with E-state index in [0.29, 0.717) is 0 Å². The number of aromatic nitrogens is 1. The van der Waals surface area contributed by atoms with Crippen molar-refractivity contribution in [2.75, 3.05) is 13.2 Å². The summed E-state index contributed by atoms with van der Waals surface area (Å²) in [4.78, 5) is 4.39. The molecule has 0 radical (unpaired) electrons. The highest BCUT2D eigenvalue weighted by atomic mass is 16.5. The Morgan fingerprint density at radius 3 is 3.05 bits per heavy atom. The molecule has 1 aliphatic rings. The van der Waals surface area contributed by atoms with Gasteiger partial charge in [-0.3, -0.25) is 4.98 Å². The van der Waals surface area contributed by atoms with E-state index >= 15 is 0 Å². The molecule has 0 saturated carbocycles. The predicted molar refractivity (Wildman–Crippen MR) is 77.0 cm³/mol. The van der Waals surface area contributed by atoms with Gasteiger partial charge < -0.3 is 10.1 Å². The van der Waals surface area contributed by atoms with Crippen LogP contribution in [0.3, 0.4) is 0 Å². The van der Waals surface area contributed by atoms with Gasteiger partial charge in [0.15, 0.2) is 0 Å². The second-order valence-corrected chi connectivity index (χ2v) is 5.49. The third-order valence-corrected chi connectivity index (χ3v) is 3.85. The zero-order valence-corrected chi connectivity index (χ0v) is 11.4. The first-order chi connectivity index (χ1) is 9.27. The lowest BCUT2D eigenvalue weighted by atomic mass is 10.0. The SMILES string of the molecule is CC1(CNCc2ccnc3ccccc23)CCCO1. The van der Waals surface area contributed by atoms with Gasteiger partial charge in [0.2, 0.25) is 0 Å². The van der Waals surface area contributed by atoms with E-state index in [-0.39, 0.29) is 5.60 Å². The van der Waals surface area contributed by atoms with E-state index in [0.717, 1.165) is 31.6 Å². The maximum atomic E-state index is 5.79. The van der Waals surface area contributed by atoms with E-state index in [1.165, 1.54) is 17.4 Å². The number of benzene rings is 1. The Balaban J connectivity index is 1.68. The average Bonchev–Trinajstić information content (AvgIpc) is 2.86. The molecule has 3 nitrogen and oxygen atoms in total. The van der Waals surface area contributed by atoms with Crippen LogP contribution in [0.2, 0.25) is 0 Å². The molecule has 1 fully saturated rings. The molecule has 1 saturated heterocycles. The molecule has 0 aliphatic carbocycles. The molecule has 1 atom stereocenters. The summed E-state index contributed by atoms with van der Waals surface area (Å²) in [7, 11) is 0. The highest BCUT2D eigenvalue weighted by Crippen LogP contribution is 2.24. The molecule has 1 unspecified atom stereocenters. The highest BCUT2D eigenvalue weighted by Gasteiger charge is 2.28. The topological polar surface area (TPSA) is 34.2 Å². The van der Waals surface area contributed by atoms with Crippen molar-refractivity contribution in [2.45, 2.75) is 31.9 Å². The first kappa shape index (κ1) is 12.6. The van der Waals surface area contributed by atoms with Crippen LogP contribution >= 0.6 is 0 Å². The molecular formula is C16H20N2O. The Bertz CT molecular complexity index is 556. The number of nitrogens with zero attached hydrogens (tertiary/aromatic N) is 1. The van der Waals surface area contributed by atoms with Crippen molar-refractivity contribution in [3.8, 4) is 0 Å². The van der Waals surface area contributed by atoms with E-state index in [1.807, 2.05) is 12.3 Å². The van der Waals surface area contributed by atoms with Crippen LogP contribution < -0.4 is 5.32 Å². The Kier molecular flexibility index (Phi) is 3.49. The van der Waals surface area contributed by atoms with Crippen molar-refractivity contribution < 1.29 is 4.74 Å². The highest BCUT2D eigenvalue weighted by molar-refractivity contribution is 5.81. The van der Waals surface area contributed by atoms with Crippen LogP contribution in [-0.4, -0.2) is 23.7 Å². The van der Waals surface area contributed by atoms with Gasteiger partial charge in [-0.05, 0) is 37.5 Å². The van der Waals surface area contributed by atoms with Gasteiger partial charge in [0.25, 0.3) is 0 Å². The predicted octanol–water partition coefficient (Wildman–Crippen LogP) is 2.89. The number of para-hydroxylation sites is 1. The molecule has 100 valence electrons. The monoisotopic (exact) mass is 256 g/mol. The van der Waals surface area contributed by atoms with Crippen molar-refractivity contribution in [3.63, 3.8) is 0 Å². The number of rotatable bonds is 4. The lowest BCUT2D eigenvalue weighted by Crippen LogP contribution is -2.36. The number of hydrogen-bond donors (Lipinski definition) is 1. The summed E-state index contributed by atoms with van der Waals surface area (Å²) in [5.41, 5.74) is 2.38. The van der Waals surface area contributed by atoms with E-state index in [2.05, 4.69) is 41.5 Å². The smallest absolute Gasteiger partial charge is 0.0779 e. The van der Waals surface area contributed by atoms with Gasteiger partial charge in [-0.2, -0.15) is 0 Å². The molecule has 0 spiro atoms. The maximum Gasteiger partial charge on any atom is 0.0779 e. The van der Waals surface area contributed by atoms with Crippen LogP contribution in [0, 0.1) is 0 Å². The van der Waals surface area contributed by atoms with Gasteiger partial charge >= 0.3 is 0 Å². The van der Waals surface area contributed by atoms with Crippen LogP contribution in [0.5, 0.6) is 0 Å². The van der Waals surface area contributed by atoms with Gasteiger partial charge in [0, 0.05) is 31.3 Å². The van der Waals surface area contributed by atoms with Crippen molar-refractivity contribution in [3.05, 3.63) is 42.1 Å². The number of hydrogen-bond acceptors (Lipinski definition) is 3. The molecule has 19 heavy (non-hydrogen) atoms. The van der Waals surface area contributed by atoms with Crippen LogP contribution in [0.1, 0.15) is 25.3 Å². The van der Waals surface area contributed by atoms with Crippen LogP contribution in [0.4, 0.5) is 0 Å². The molecular weight excluding hydrogens is 236 g/mol. The van der Waals surface area contributed by atoms with Gasteiger partial charge in [-0.25, -0.2) is 0 Å². The fourth-order valence-corrected chi connectivity index (χ4v) is 2.75. The molecule has 1 aliphatic heterocycles. The van der Waals surface area contributed by atoms with E-state index in [1.54, 1.807) is 0 Å². The normalized spacial score (nSPS) is 23.0. The van der Waals surface area contributed by atoms with Gasteiger partial charge in [0.1, 0.15) is 0 Å². The zero-order valence-electron chi connectivity index (χ0n) is 11.4. The van der Waals surface area contributed by atoms with Crippen LogP contribution in [0.25, 0.3) is 10.9 Å². The van der Waals surface area contributed by atoms with Crippen molar-refractivity contribution in [2.24, 2.45) is 0 Å². The summed E-state index contributed by atoms with van der Waals surface area (Å²) < 4.78 is 5.79. The maximum absolute atomic E-state index is 5.79. The number of ether oxygens (including phenoxy) is 1. The second-order valence-electron chi connectivity index (χ2n) is 5.49. The summed E-state index contributed by atoms with van der Waals surface area (Å²) in [6.07, 6.45) is 4.21. The van der Waals surface area contributed by atoms with E-state index in [4.69, 9.17) is 4.74 Å². The fraction of sp³-hybridized carbons (Fsp3) is 0.438. The number of nitrogens with one attached hydrogen (secondary N) is 1. The lowest BCUT2D eigenvalue weighted by molar-refractivity contribution is 0.0207. The zero-order chi connectivity index (χ0) is 13.1. The van der Waals surface area contributed by atoms with Crippen LogP contribution in [-0.2, 0) is 11.3 Å². The second kappa shape index (κ2) is 5.27. The minimum atomic E-state index is 0.0167. The summed E-state index contributed by atoms with van der Waals surface area (Å²) in [5, 5.41) is 4.75. The molecule has 1 aromatic carbocycles. The van der Waals surface area contributed by atoms with E-state index in [9.17, 15) is 0 Å². The molecule has 1 aromatic heterocycles. The first-order valence-electron chi connectivity index (χ1n) is 6.94. The summed E-state index contributed by atoms with van der Waals surface area (Å²) in [6, 6.07) is 10.4.